The third kappa shape index (κ3) is 2.76. The molecule has 90 valence electrons. The molecule has 0 amide bonds. The largest absolute Gasteiger partial charge is 0.313 e. The summed E-state index contributed by atoms with van der Waals surface area (Å²) in [5, 5.41) is 7.60. The molecule has 0 radical (unpaired) electrons. The lowest BCUT2D eigenvalue weighted by Crippen LogP contribution is -2.15. The Morgan fingerprint density at radius 1 is 1.47 bits per heavy atom. The lowest BCUT2D eigenvalue weighted by Gasteiger charge is -2.15. The molecule has 0 aliphatic rings. The highest BCUT2D eigenvalue weighted by molar-refractivity contribution is 9.10. The molecule has 0 aliphatic heterocycles. The topological polar surface area (TPSA) is 29.9 Å². The lowest BCUT2D eigenvalue weighted by molar-refractivity contribution is 0.576. The van der Waals surface area contributed by atoms with E-state index < -0.39 is 0 Å². The maximum atomic E-state index is 4.29. The zero-order chi connectivity index (χ0) is 12.3. The van der Waals surface area contributed by atoms with Gasteiger partial charge in [-0.15, -0.1) is 0 Å². The van der Waals surface area contributed by atoms with Crippen LogP contribution in [0.3, 0.4) is 0 Å². The van der Waals surface area contributed by atoms with Crippen LogP contribution in [0.5, 0.6) is 0 Å². The first kappa shape index (κ1) is 12.3. The maximum Gasteiger partial charge on any atom is 0.0649 e. The molecule has 1 unspecified atom stereocenters. The van der Waals surface area contributed by atoms with Crippen molar-refractivity contribution in [3.8, 4) is 5.69 Å². The van der Waals surface area contributed by atoms with Gasteiger partial charge in [-0.1, -0.05) is 19.1 Å². The van der Waals surface area contributed by atoms with Crippen LogP contribution in [0.2, 0.25) is 0 Å². The number of hydrogen-bond donors (Lipinski definition) is 1. The number of hydrogen-bond acceptors (Lipinski definition) is 2. The van der Waals surface area contributed by atoms with Crippen molar-refractivity contribution in [2.75, 3.05) is 7.05 Å². The zero-order valence-corrected chi connectivity index (χ0v) is 11.6. The Kier molecular flexibility index (Phi) is 3.97. The molecule has 0 saturated heterocycles. The average molecular weight is 294 g/mol. The van der Waals surface area contributed by atoms with Crippen LogP contribution in [0.25, 0.3) is 5.69 Å². The summed E-state index contributed by atoms with van der Waals surface area (Å²) in [7, 11) is 1.99. The molecular formula is C13H16BrN3. The minimum atomic E-state index is 0.397. The molecule has 0 saturated carbocycles. The molecule has 0 spiro atoms. The molecule has 0 fully saturated rings. The second-order valence-electron chi connectivity index (χ2n) is 3.95. The molecule has 3 nitrogen and oxygen atoms in total. The molecule has 4 heteroatoms. The van der Waals surface area contributed by atoms with Crippen LogP contribution in [-0.4, -0.2) is 16.8 Å². The van der Waals surface area contributed by atoms with Crippen molar-refractivity contribution in [3.05, 3.63) is 46.7 Å². The second kappa shape index (κ2) is 5.47. The van der Waals surface area contributed by atoms with Gasteiger partial charge in [0.15, 0.2) is 0 Å². The van der Waals surface area contributed by atoms with Crippen molar-refractivity contribution in [3.63, 3.8) is 0 Å². The third-order valence-electron chi connectivity index (χ3n) is 2.84. The Morgan fingerprint density at radius 2 is 2.29 bits per heavy atom. The molecule has 1 aromatic heterocycles. The van der Waals surface area contributed by atoms with Gasteiger partial charge in [0.1, 0.15) is 0 Å². The van der Waals surface area contributed by atoms with E-state index in [0.29, 0.717) is 6.04 Å². The summed E-state index contributed by atoms with van der Waals surface area (Å²) in [6.07, 6.45) is 4.82. The third-order valence-corrected chi connectivity index (χ3v) is 3.25. The Morgan fingerprint density at radius 3 is 2.88 bits per heavy atom. The normalized spacial score (nSPS) is 12.6. The van der Waals surface area contributed by atoms with Gasteiger partial charge >= 0.3 is 0 Å². The van der Waals surface area contributed by atoms with Crippen LogP contribution in [-0.2, 0) is 0 Å². The molecule has 2 rings (SSSR count). The van der Waals surface area contributed by atoms with Crippen LogP contribution in [0.1, 0.15) is 24.9 Å². The van der Waals surface area contributed by atoms with Crippen LogP contribution in [0.15, 0.2) is 41.1 Å². The van der Waals surface area contributed by atoms with E-state index in [-0.39, 0.29) is 0 Å². The van der Waals surface area contributed by atoms with Crippen molar-refractivity contribution in [2.45, 2.75) is 19.4 Å². The first-order valence-electron chi connectivity index (χ1n) is 5.72. The standard InChI is InChI=1S/C13H16BrN3/c1-3-13(15-2)10-5-4-6-12(7-10)17-9-11(14)8-16-17/h4-9,13,15H,3H2,1-2H3. The molecule has 1 atom stereocenters. The monoisotopic (exact) mass is 293 g/mol. The van der Waals surface area contributed by atoms with Crippen LogP contribution in [0.4, 0.5) is 0 Å². The van der Waals surface area contributed by atoms with Gasteiger partial charge in [-0.3, -0.25) is 0 Å². The summed E-state index contributed by atoms with van der Waals surface area (Å²) < 4.78 is 2.86. The molecule has 0 aliphatic carbocycles. The van der Waals surface area contributed by atoms with Crippen molar-refractivity contribution in [1.82, 2.24) is 15.1 Å². The highest BCUT2D eigenvalue weighted by Crippen LogP contribution is 2.20. The molecular weight excluding hydrogens is 278 g/mol. The zero-order valence-electron chi connectivity index (χ0n) is 10.0. The molecule has 17 heavy (non-hydrogen) atoms. The van der Waals surface area contributed by atoms with E-state index >= 15 is 0 Å². The maximum absolute atomic E-state index is 4.29. The molecule has 1 aromatic carbocycles. The number of nitrogens with zero attached hydrogens (tertiary/aromatic N) is 2. The summed E-state index contributed by atoms with van der Waals surface area (Å²) in [4.78, 5) is 0. The SMILES string of the molecule is CCC(NC)c1cccc(-n2cc(Br)cn2)c1. The number of benzene rings is 1. The fourth-order valence-electron chi connectivity index (χ4n) is 1.93. The summed E-state index contributed by atoms with van der Waals surface area (Å²) in [5.74, 6) is 0. The molecule has 1 N–H and O–H groups in total. The van der Waals surface area contributed by atoms with E-state index in [1.165, 1.54) is 5.56 Å². The first-order chi connectivity index (χ1) is 8.24. The van der Waals surface area contributed by atoms with Crippen molar-refractivity contribution in [2.24, 2.45) is 0 Å². The van der Waals surface area contributed by atoms with Gasteiger partial charge in [0.25, 0.3) is 0 Å². The van der Waals surface area contributed by atoms with Gasteiger partial charge in [0, 0.05) is 12.2 Å². The second-order valence-corrected chi connectivity index (χ2v) is 4.86. The van der Waals surface area contributed by atoms with Gasteiger partial charge < -0.3 is 5.32 Å². The van der Waals surface area contributed by atoms with Gasteiger partial charge in [-0.2, -0.15) is 5.10 Å². The van der Waals surface area contributed by atoms with Crippen molar-refractivity contribution >= 4 is 15.9 Å². The lowest BCUT2D eigenvalue weighted by atomic mass is 10.0. The van der Waals surface area contributed by atoms with E-state index in [1.54, 1.807) is 6.20 Å². The molecule has 2 aromatic rings. The number of rotatable bonds is 4. The first-order valence-corrected chi connectivity index (χ1v) is 6.51. The van der Waals surface area contributed by atoms with Crippen LogP contribution >= 0.6 is 15.9 Å². The Bertz CT molecular complexity index is 489. The summed E-state index contributed by atoms with van der Waals surface area (Å²) >= 11 is 3.41. The molecule has 1 heterocycles. The van der Waals surface area contributed by atoms with Crippen LogP contribution < -0.4 is 5.32 Å². The van der Waals surface area contributed by atoms with Crippen molar-refractivity contribution < 1.29 is 0 Å². The predicted molar refractivity (Wildman–Crippen MR) is 73.4 cm³/mol. The summed E-state index contributed by atoms with van der Waals surface area (Å²) in [6, 6.07) is 8.84. The van der Waals surface area contributed by atoms with E-state index in [9.17, 15) is 0 Å². The van der Waals surface area contributed by atoms with Gasteiger partial charge in [-0.25, -0.2) is 4.68 Å². The van der Waals surface area contributed by atoms with E-state index in [1.807, 2.05) is 17.9 Å². The summed E-state index contributed by atoms with van der Waals surface area (Å²) in [5.41, 5.74) is 2.38. The Hall–Kier alpha value is -1.13. The van der Waals surface area contributed by atoms with Crippen molar-refractivity contribution in [1.29, 1.82) is 0 Å². The molecule has 0 bridgehead atoms. The highest BCUT2D eigenvalue weighted by Gasteiger charge is 2.07. The summed E-state index contributed by atoms with van der Waals surface area (Å²) in [6.45, 7) is 2.18. The Balaban J connectivity index is 2.34. The average Bonchev–Trinajstić information content (AvgIpc) is 2.78. The van der Waals surface area contributed by atoms with Gasteiger partial charge in [-0.05, 0) is 47.1 Å². The van der Waals surface area contributed by atoms with E-state index in [4.69, 9.17) is 0 Å². The number of nitrogens with one attached hydrogen (secondary N) is 1. The minimum Gasteiger partial charge on any atom is -0.313 e. The van der Waals surface area contributed by atoms with E-state index in [0.717, 1.165) is 16.6 Å². The van der Waals surface area contributed by atoms with E-state index in [2.05, 4.69) is 57.5 Å². The fraction of sp³-hybridized carbons (Fsp3) is 0.308. The fourth-order valence-corrected chi connectivity index (χ4v) is 2.22. The number of aromatic nitrogens is 2. The Labute approximate surface area is 110 Å². The van der Waals surface area contributed by atoms with Crippen LogP contribution in [0, 0.1) is 0 Å². The minimum absolute atomic E-state index is 0.397. The highest BCUT2D eigenvalue weighted by atomic mass is 79.9. The predicted octanol–water partition coefficient (Wildman–Crippen LogP) is 3.31. The quantitative estimate of drug-likeness (QED) is 0.937. The van der Waals surface area contributed by atoms with Gasteiger partial charge in [0.2, 0.25) is 0 Å². The van der Waals surface area contributed by atoms with Gasteiger partial charge in [0.05, 0.1) is 16.4 Å². The smallest absolute Gasteiger partial charge is 0.0649 e. The number of halogens is 1.